The number of carbonyl (C=O) groups is 1. The SMILES string of the molecule is O=C(O)C1(Nc2cccc(F)c2)CCOCC1. The number of anilines is 1. The number of aliphatic carboxylic acids is 1. The molecule has 0 radical (unpaired) electrons. The maximum atomic E-state index is 13.0. The van der Waals surface area contributed by atoms with Crippen molar-refractivity contribution in [3.8, 4) is 0 Å². The Hall–Kier alpha value is -1.62. The highest BCUT2D eigenvalue weighted by Crippen LogP contribution is 2.26. The third-order valence-electron chi connectivity index (χ3n) is 2.96. The van der Waals surface area contributed by atoms with Gasteiger partial charge in [0.2, 0.25) is 0 Å². The van der Waals surface area contributed by atoms with Crippen molar-refractivity contribution in [3.63, 3.8) is 0 Å². The van der Waals surface area contributed by atoms with Crippen LogP contribution in [0.4, 0.5) is 10.1 Å². The van der Waals surface area contributed by atoms with E-state index in [1.807, 2.05) is 0 Å². The number of hydrogen-bond acceptors (Lipinski definition) is 3. The molecule has 1 heterocycles. The van der Waals surface area contributed by atoms with E-state index in [9.17, 15) is 14.3 Å². The van der Waals surface area contributed by atoms with Crippen molar-refractivity contribution in [1.82, 2.24) is 0 Å². The lowest BCUT2D eigenvalue weighted by atomic mass is 9.90. The summed E-state index contributed by atoms with van der Waals surface area (Å²) < 4.78 is 18.2. The van der Waals surface area contributed by atoms with Crippen LogP contribution in [0.1, 0.15) is 12.8 Å². The van der Waals surface area contributed by atoms with E-state index in [2.05, 4.69) is 5.32 Å². The zero-order valence-electron chi connectivity index (χ0n) is 9.28. The van der Waals surface area contributed by atoms with Crippen molar-refractivity contribution < 1.29 is 19.0 Å². The van der Waals surface area contributed by atoms with E-state index in [1.54, 1.807) is 12.1 Å². The summed E-state index contributed by atoms with van der Waals surface area (Å²) in [6.07, 6.45) is 0.748. The van der Waals surface area contributed by atoms with E-state index >= 15 is 0 Å². The van der Waals surface area contributed by atoms with E-state index in [0.29, 0.717) is 31.7 Å². The van der Waals surface area contributed by atoms with E-state index < -0.39 is 11.5 Å². The fourth-order valence-corrected chi connectivity index (χ4v) is 1.95. The Balaban J connectivity index is 2.20. The highest BCUT2D eigenvalue weighted by Gasteiger charge is 2.40. The van der Waals surface area contributed by atoms with Gasteiger partial charge in [-0.05, 0) is 18.2 Å². The fourth-order valence-electron chi connectivity index (χ4n) is 1.95. The minimum atomic E-state index is -1.05. The van der Waals surface area contributed by atoms with E-state index in [1.165, 1.54) is 12.1 Å². The van der Waals surface area contributed by atoms with Crippen LogP contribution < -0.4 is 5.32 Å². The lowest BCUT2D eigenvalue weighted by Gasteiger charge is -2.34. The molecule has 2 rings (SSSR count). The third-order valence-corrected chi connectivity index (χ3v) is 2.96. The number of rotatable bonds is 3. The van der Waals surface area contributed by atoms with Crippen molar-refractivity contribution in [1.29, 1.82) is 0 Å². The van der Waals surface area contributed by atoms with Crippen LogP contribution in [0.5, 0.6) is 0 Å². The second-order valence-corrected chi connectivity index (χ2v) is 4.13. The molecule has 0 saturated carbocycles. The molecule has 0 atom stereocenters. The number of carboxylic acid groups (broad SMARTS) is 1. The summed E-state index contributed by atoms with van der Waals surface area (Å²) in [7, 11) is 0. The Bertz CT molecular complexity index is 416. The zero-order valence-corrected chi connectivity index (χ0v) is 9.28. The quantitative estimate of drug-likeness (QED) is 0.845. The minimum Gasteiger partial charge on any atom is -0.480 e. The molecule has 5 heteroatoms. The molecule has 1 aromatic carbocycles. The van der Waals surface area contributed by atoms with E-state index in [0.717, 1.165) is 0 Å². The fraction of sp³-hybridized carbons (Fsp3) is 0.417. The molecule has 0 aliphatic carbocycles. The number of benzene rings is 1. The van der Waals surface area contributed by atoms with Gasteiger partial charge in [0.15, 0.2) is 0 Å². The van der Waals surface area contributed by atoms with Gasteiger partial charge < -0.3 is 15.2 Å². The van der Waals surface area contributed by atoms with Crippen LogP contribution in [0.2, 0.25) is 0 Å². The topological polar surface area (TPSA) is 58.6 Å². The molecule has 0 aromatic heterocycles. The number of carboxylic acids is 1. The standard InChI is InChI=1S/C12H14FNO3/c13-9-2-1-3-10(8-9)14-12(11(15)16)4-6-17-7-5-12/h1-3,8,14H,4-7H2,(H,15,16). The van der Waals surface area contributed by atoms with Gasteiger partial charge in [0, 0.05) is 31.7 Å². The van der Waals surface area contributed by atoms with Gasteiger partial charge in [0.1, 0.15) is 11.4 Å². The Morgan fingerprint density at radius 3 is 2.71 bits per heavy atom. The molecule has 4 nitrogen and oxygen atoms in total. The predicted octanol–water partition coefficient (Wildman–Crippen LogP) is 1.87. The number of nitrogens with one attached hydrogen (secondary N) is 1. The molecule has 0 amide bonds. The normalized spacial score (nSPS) is 18.6. The maximum absolute atomic E-state index is 13.0. The van der Waals surface area contributed by atoms with Crippen LogP contribution in [0.25, 0.3) is 0 Å². The smallest absolute Gasteiger partial charge is 0.329 e. The second kappa shape index (κ2) is 4.71. The highest BCUT2D eigenvalue weighted by molar-refractivity contribution is 5.83. The van der Waals surface area contributed by atoms with E-state index in [-0.39, 0.29) is 5.82 Å². The first-order valence-electron chi connectivity index (χ1n) is 5.47. The first-order chi connectivity index (χ1) is 8.12. The monoisotopic (exact) mass is 239 g/mol. The molecule has 0 unspecified atom stereocenters. The molecule has 1 aliphatic rings. The van der Waals surface area contributed by atoms with Crippen LogP contribution in [0, 0.1) is 5.82 Å². The van der Waals surface area contributed by atoms with Crippen molar-refractivity contribution in [2.75, 3.05) is 18.5 Å². The number of ether oxygens (including phenoxy) is 1. The molecule has 1 fully saturated rings. The number of halogens is 1. The highest BCUT2D eigenvalue weighted by atomic mass is 19.1. The van der Waals surface area contributed by atoms with Crippen LogP contribution in [-0.4, -0.2) is 29.8 Å². The van der Waals surface area contributed by atoms with E-state index in [4.69, 9.17) is 4.74 Å². The zero-order chi connectivity index (χ0) is 12.3. The van der Waals surface area contributed by atoms with Crippen molar-refractivity contribution in [2.45, 2.75) is 18.4 Å². The first-order valence-corrected chi connectivity index (χ1v) is 5.47. The Labute approximate surface area is 98.4 Å². The molecule has 1 aliphatic heterocycles. The minimum absolute atomic E-state index is 0.374. The van der Waals surface area contributed by atoms with Gasteiger partial charge in [-0.2, -0.15) is 0 Å². The summed E-state index contributed by atoms with van der Waals surface area (Å²) in [6.45, 7) is 0.795. The summed E-state index contributed by atoms with van der Waals surface area (Å²) in [6, 6.07) is 5.82. The van der Waals surface area contributed by atoms with Crippen molar-refractivity contribution >= 4 is 11.7 Å². The van der Waals surface area contributed by atoms with Crippen molar-refractivity contribution in [3.05, 3.63) is 30.1 Å². The first kappa shape index (κ1) is 11.9. The summed E-state index contributed by atoms with van der Waals surface area (Å²) >= 11 is 0. The Kier molecular flexibility index (Phi) is 3.28. The van der Waals surface area contributed by atoms with Crippen LogP contribution >= 0.6 is 0 Å². The molecule has 92 valence electrons. The molecule has 2 N–H and O–H groups in total. The van der Waals surface area contributed by atoms with Gasteiger partial charge in [-0.25, -0.2) is 9.18 Å². The average Bonchev–Trinajstić information content (AvgIpc) is 2.30. The van der Waals surface area contributed by atoms with Gasteiger partial charge in [0.25, 0.3) is 0 Å². The van der Waals surface area contributed by atoms with Gasteiger partial charge >= 0.3 is 5.97 Å². The summed E-state index contributed by atoms with van der Waals surface area (Å²) in [5, 5.41) is 12.2. The van der Waals surface area contributed by atoms with Crippen LogP contribution in [-0.2, 0) is 9.53 Å². The van der Waals surface area contributed by atoms with Gasteiger partial charge in [0.05, 0.1) is 0 Å². The molecule has 0 bridgehead atoms. The van der Waals surface area contributed by atoms with Crippen molar-refractivity contribution in [2.24, 2.45) is 0 Å². The molecule has 17 heavy (non-hydrogen) atoms. The predicted molar refractivity (Wildman–Crippen MR) is 60.4 cm³/mol. The lowest BCUT2D eigenvalue weighted by molar-refractivity contribution is -0.145. The molecule has 1 saturated heterocycles. The van der Waals surface area contributed by atoms with Gasteiger partial charge in [-0.15, -0.1) is 0 Å². The second-order valence-electron chi connectivity index (χ2n) is 4.13. The summed E-state index contributed by atoms with van der Waals surface area (Å²) in [5.74, 6) is -1.31. The molecular formula is C12H14FNO3. The Morgan fingerprint density at radius 2 is 2.12 bits per heavy atom. The Morgan fingerprint density at radius 1 is 1.41 bits per heavy atom. The summed E-state index contributed by atoms with van der Waals surface area (Å²) in [5.41, 5.74) is -0.569. The summed E-state index contributed by atoms with van der Waals surface area (Å²) in [4.78, 5) is 11.4. The maximum Gasteiger partial charge on any atom is 0.329 e. The van der Waals surface area contributed by atoms with Crippen LogP contribution in [0.3, 0.4) is 0 Å². The molecule has 1 aromatic rings. The largest absolute Gasteiger partial charge is 0.480 e. The number of hydrogen-bond donors (Lipinski definition) is 2. The van der Waals surface area contributed by atoms with Gasteiger partial charge in [-0.3, -0.25) is 0 Å². The average molecular weight is 239 g/mol. The molecule has 0 spiro atoms. The lowest BCUT2D eigenvalue weighted by Crippen LogP contribution is -2.50. The molecular weight excluding hydrogens is 225 g/mol. The van der Waals surface area contributed by atoms with Crippen LogP contribution in [0.15, 0.2) is 24.3 Å². The third kappa shape index (κ3) is 2.55. The van der Waals surface area contributed by atoms with Gasteiger partial charge in [-0.1, -0.05) is 6.07 Å².